The largest absolute Gasteiger partial charge is 0.469 e. The second-order valence-electron chi connectivity index (χ2n) is 6.77. The predicted octanol–water partition coefficient (Wildman–Crippen LogP) is 2.34. The number of carbonyl (C=O) groups is 3. The number of para-hydroxylation sites is 1. The second-order valence-corrected chi connectivity index (χ2v) is 6.77. The molecule has 0 radical (unpaired) electrons. The summed E-state index contributed by atoms with van der Waals surface area (Å²) in [5.74, 6) is -0.533. The molecule has 1 aliphatic heterocycles. The van der Waals surface area contributed by atoms with Gasteiger partial charge in [0.25, 0.3) is 0 Å². The quantitative estimate of drug-likeness (QED) is 0.790. The van der Waals surface area contributed by atoms with Gasteiger partial charge in [0.1, 0.15) is 0 Å². The monoisotopic (exact) mass is 371 g/mol. The normalized spacial score (nSPS) is 14.0. The molecular weight excluding hydrogens is 346 g/mol. The van der Waals surface area contributed by atoms with Crippen LogP contribution in [0.5, 0.6) is 0 Å². The summed E-state index contributed by atoms with van der Waals surface area (Å²) < 4.78 is 4.59. The molecule has 2 heterocycles. The van der Waals surface area contributed by atoms with Crippen molar-refractivity contribution >= 4 is 28.7 Å². The average molecular weight is 371 g/mol. The lowest BCUT2D eigenvalue weighted by Crippen LogP contribution is -2.45. The Morgan fingerprint density at radius 3 is 2.52 bits per heavy atom. The zero-order chi connectivity index (χ0) is 19.4. The highest BCUT2D eigenvalue weighted by atomic mass is 16.5. The molecule has 1 aromatic heterocycles. The topological polar surface area (TPSA) is 82.7 Å². The smallest absolute Gasteiger partial charge is 0.305 e. The van der Waals surface area contributed by atoms with Crippen molar-refractivity contribution in [3.8, 4) is 0 Å². The molecule has 1 aliphatic rings. The Hall–Kier alpha value is -2.83. The number of hydrogen-bond donors (Lipinski definition) is 1. The molecule has 2 amide bonds. The zero-order valence-electron chi connectivity index (χ0n) is 15.8. The number of aromatic nitrogens is 1. The number of benzene rings is 1. The summed E-state index contributed by atoms with van der Waals surface area (Å²) in [5.41, 5.74) is 2.95. The van der Waals surface area contributed by atoms with Gasteiger partial charge in [0.15, 0.2) is 0 Å². The lowest BCUT2D eigenvalue weighted by molar-refractivity contribution is -0.157. The molecule has 144 valence electrons. The van der Waals surface area contributed by atoms with Crippen molar-refractivity contribution in [2.45, 2.75) is 39.0 Å². The molecule has 1 aromatic carbocycles. The summed E-state index contributed by atoms with van der Waals surface area (Å²) in [4.78, 5) is 39.9. The standard InChI is InChI=1S/C20H25N3O4/c1-14-16(15-7-3-4-8-17(15)21-14)13-19(25)23-12-6-11-22(23)18(24)9-5-10-20(26)27-2/h3-4,7-8,21H,5-6,9-13H2,1-2H3. The highest BCUT2D eigenvalue weighted by Crippen LogP contribution is 2.24. The van der Waals surface area contributed by atoms with Crippen molar-refractivity contribution in [1.29, 1.82) is 0 Å². The zero-order valence-corrected chi connectivity index (χ0v) is 15.8. The summed E-state index contributed by atoms with van der Waals surface area (Å²) in [7, 11) is 1.33. The number of aromatic amines is 1. The highest BCUT2D eigenvalue weighted by molar-refractivity contribution is 5.91. The first kappa shape index (κ1) is 18.9. The van der Waals surface area contributed by atoms with Gasteiger partial charge in [-0.15, -0.1) is 0 Å². The number of hydrogen-bond acceptors (Lipinski definition) is 4. The van der Waals surface area contributed by atoms with Gasteiger partial charge in [0.2, 0.25) is 11.8 Å². The van der Waals surface area contributed by atoms with Crippen molar-refractivity contribution in [2.24, 2.45) is 0 Å². The summed E-state index contributed by atoms with van der Waals surface area (Å²) in [6, 6.07) is 7.90. The van der Waals surface area contributed by atoms with E-state index in [0.29, 0.717) is 19.5 Å². The van der Waals surface area contributed by atoms with E-state index < -0.39 is 0 Å². The van der Waals surface area contributed by atoms with Crippen LogP contribution >= 0.6 is 0 Å². The van der Waals surface area contributed by atoms with Gasteiger partial charge in [-0.05, 0) is 31.4 Å². The molecule has 7 nitrogen and oxygen atoms in total. The van der Waals surface area contributed by atoms with Crippen LogP contribution in [0.1, 0.15) is 36.9 Å². The molecule has 2 aromatic rings. The lowest BCUT2D eigenvalue weighted by Gasteiger charge is -2.28. The van der Waals surface area contributed by atoms with E-state index in [-0.39, 0.29) is 37.0 Å². The molecule has 0 spiro atoms. The van der Waals surface area contributed by atoms with Crippen molar-refractivity contribution in [1.82, 2.24) is 15.0 Å². The number of nitrogens with one attached hydrogen (secondary N) is 1. The Bertz CT molecular complexity index is 858. The molecule has 3 rings (SSSR count). The van der Waals surface area contributed by atoms with Crippen molar-refractivity contribution in [2.75, 3.05) is 20.2 Å². The number of ether oxygens (including phenoxy) is 1. The molecule has 0 atom stereocenters. The maximum Gasteiger partial charge on any atom is 0.305 e. The van der Waals surface area contributed by atoms with E-state index in [4.69, 9.17) is 0 Å². The average Bonchev–Trinajstić information content (AvgIpc) is 3.27. The van der Waals surface area contributed by atoms with E-state index in [9.17, 15) is 14.4 Å². The number of fused-ring (bicyclic) bond motifs is 1. The van der Waals surface area contributed by atoms with Gasteiger partial charge in [-0.2, -0.15) is 0 Å². The molecule has 1 fully saturated rings. The van der Waals surface area contributed by atoms with Gasteiger partial charge in [-0.25, -0.2) is 0 Å². The first-order chi connectivity index (χ1) is 13.0. The first-order valence-corrected chi connectivity index (χ1v) is 9.25. The van der Waals surface area contributed by atoms with Gasteiger partial charge < -0.3 is 9.72 Å². The van der Waals surface area contributed by atoms with Crippen LogP contribution in [0.2, 0.25) is 0 Å². The van der Waals surface area contributed by atoms with Gasteiger partial charge in [0.05, 0.1) is 13.5 Å². The van der Waals surface area contributed by atoms with Gasteiger partial charge >= 0.3 is 5.97 Å². The van der Waals surface area contributed by atoms with E-state index >= 15 is 0 Å². The van der Waals surface area contributed by atoms with E-state index in [2.05, 4.69) is 9.72 Å². The molecule has 0 aliphatic carbocycles. The first-order valence-electron chi connectivity index (χ1n) is 9.25. The number of esters is 1. The van der Waals surface area contributed by atoms with Crippen molar-refractivity contribution < 1.29 is 19.1 Å². The van der Waals surface area contributed by atoms with E-state index in [1.54, 1.807) is 5.01 Å². The molecule has 1 N–H and O–H groups in total. The SMILES string of the molecule is COC(=O)CCCC(=O)N1CCCN1C(=O)Cc1c(C)[nH]c2ccccc12. The molecule has 27 heavy (non-hydrogen) atoms. The van der Waals surface area contributed by atoms with Crippen molar-refractivity contribution in [3.63, 3.8) is 0 Å². The highest BCUT2D eigenvalue weighted by Gasteiger charge is 2.30. The van der Waals surface area contributed by atoms with E-state index in [1.807, 2.05) is 31.2 Å². The molecule has 0 bridgehead atoms. The van der Waals surface area contributed by atoms with Gasteiger partial charge in [-0.1, -0.05) is 18.2 Å². The van der Waals surface area contributed by atoms with E-state index in [0.717, 1.165) is 28.6 Å². The molecule has 7 heteroatoms. The van der Waals surface area contributed by atoms with Crippen LogP contribution in [-0.2, 0) is 25.5 Å². The summed E-state index contributed by atoms with van der Waals surface area (Å²) >= 11 is 0. The number of hydrazine groups is 1. The minimum atomic E-state index is -0.327. The second kappa shape index (κ2) is 8.24. The van der Waals surface area contributed by atoms with Crippen LogP contribution < -0.4 is 0 Å². The maximum atomic E-state index is 12.9. The van der Waals surface area contributed by atoms with Crippen LogP contribution in [0.3, 0.4) is 0 Å². The number of amides is 2. The lowest BCUT2D eigenvalue weighted by atomic mass is 10.1. The van der Waals surface area contributed by atoms with Crippen LogP contribution in [0.4, 0.5) is 0 Å². The molecule has 0 unspecified atom stereocenters. The fourth-order valence-corrected chi connectivity index (χ4v) is 3.55. The van der Waals surface area contributed by atoms with Gasteiger partial charge in [-0.3, -0.25) is 24.4 Å². The predicted molar refractivity (Wildman–Crippen MR) is 101 cm³/mol. The third-order valence-corrected chi connectivity index (χ3v) is 4.96. The number of aryl methyl sites for hydroxylation is 1. The Balaban J connectivity index is 1.65. The fraction of sp³-hybridized carbons (Fsp3) is 0.450. The number of nitrogens with zero attached hydrogens (tertiary/aromatic N) is 2. The minimum Gasteiger partial charge on any atom is -0.469 e. The van der Waals surface area contributed by atoms with Crippen LogP contribution in [0, 0.1) is 6.92 Å². The Labute approximate surface area is 158 Å². The summed E-state index contributed by atoms with van der Waals surface area (Å²) in [5, 5.41) is 4.13. The molecule has 0 saturated carbocycles. The fourth-order valence-electron chi connectivity index (χ4n) is 3.55. The number of rotatable bonds is 6. The number of methoxy groups -OCH3 is 1. The molecular formula is C20H25N3O4. The maximum absolute atomic E-state index is 12.9. The number of H-pyrrole nitrogens is 1. The minimum absolute atomic E-state index is 0.0818. The third-order valence-electron chi connectivity index (χ3n) is 4.96. The summed E-state index contributed by atoms with van der Waals surface area (Å²) in [6.45, 7) is 3.04. The van der Waals surface area contributed by atoms with Crippen molar-refractivity contribution in [3.05, 3.63) is 35.5 Å². The Morgan fingerprint density at radius 2 is 1.78 bits per heavy atom. The molecule has 1 saturated heterocycles. The Morgan fingerprint density at radius 1 is 1.07 bits per heavy atom. The van der Waals surface area contributed by atoms with Crippen LogP contribution in [0.15, 0.2) is 24.3 Å². The van der Waals surface area contributed by atoms with Crippen LogP contribution in [0.25, 0.3) is 10.9 Å². The number of carbonyl (C=O) groups excluding carboxylic acids is 3. The third kappa shape index (κ3) is 4.13. The summed E-state index contributed by atoms with van der Waals surface area (Å²) in [6.07, 6.45) is 1.87. The van der Waals surface area contributed by atoms with Gasteiger partial charge in [0, 0.05) is 42.5 Å². The van der Waals surface area contributed by atoms with Crippen LogP contribution in [-0.4, -0.2) is 53.0 Å². The van der Waals surface area contributed by atoms with E-state index in [1.165, 1.54) is 12.1 Å². The Kier molecular flexibility index (Phi) is 5.78.